The molecule has 2 aromatic rings. The highest BCUT2D eigenvalue weighted by Gasteiger charge is 2.39. The Labute approximate surface area is 204 Å². The number of aromatic nitrogens is 1. The number of carbonyl (C=O) groups is 1. The summed E-state index contributed by atoms with van der Waals surface area (Å²) >= 11 is 0. The number of pyridine rings is 1. The van der Waals surface area contributed by atoms with Crippen LogP contribution in [0.15, 0.2) is 40.8 Å². The molecule has 1 unspecified atom stereocenters. The van der Waals surface area contributed by atoms with Crippen LogP contribution in [-0.4, -0.2) is 42.8 Å². The first-order chi connectivity index (χ1) is 16.7. The Morgan fingerprint density at radius 3 is 2.57 bits per heavy atom. The van der Waals surface area contributed by atoms with Crippen LogP contribution < -0.4 is 16.0 Å². The standard InChI is InChI=1S/C15H15F3N4O.C10H15NS/c16-15(17,18)10-2-1-9-3-4-20-14(12(9)5-10)21-8-13(23)22-11-6-19-7-11;1-12(8-11)7-10(12)9-5-3-2-4-6-9/h1-5,11,19H,6-8H2,(H,20,21)(H,22,23);7,9H,2-6H2,1H3. The maximum atomic E-state index is 12.8. The first-order valence-corrected chi connectivity index (χ1v) is 13.9. The van der Waals surface area contributed by atoms with E-state index in [0.29, 0.717) is 10.8 Å². The lowest BCUT2D eigenvalue weighted by molar-refractivity contribution is -0.137. The number of fused-ring (bicyclic) bond motifs is 1. The number of thiocyanates is 1. The van der Waals surface area contributed by atoms with Gasteiger partial charge in [0.05, 0.1) is 18.2 Å². The Hall–Kier alpha value is -2.77. The highest BCUT2D eigenvalue weighted by Crippen LogP contribution is 2.71. The van der Waals surface area contributed by atoms with Gasteiger partial charge in [-0.15, -0.1) is 10.0 Å². The first kappa shape index (κ1) is 25.3. The van der Waals surface area contributed by atoms with Crippen molar-refractivity contribution in [1.29, 1.82) is 5.26 Å². The fourth-order valence-electron chi connectivity index (χ4n) is 4.44. The van der Waals surface area contributed by atoms with E-state index < -0.39 is 21.8 Å². The minimum atomic E-state index is -4.42. The van der Waals surface area contributed by atoms with Crippen LogP contribution in [0.3, 0.4) is 0 Å². The summed E-state index contributed by atoms with van der Waals surface area (Å²) in [4.78, 5) is 17.3. The lowest BCUT2D eigenvalue weighted by Crippen LogP contribution is -2.57. The van der Waals surface area contributed by atoms with Gasteiger partial charge in [-0.25, -0.2) is 4.98 Å². The Balaban J connectivity index is 0.000000201. The van der Waals surface area contributed by atoms with E-state index >= 15 is 0 Å². The molecule has 3 aliphatic rings. The van der Waals surface area contributed by atoms with Crippen molar-refractivity contribution in [3.8, 4) is 5.40 Å². The van der Waals surface area contributed by atoms with E-state index in [1.807, 2.05) is 0 Å². The van der Waals surface area contributed by atoms with Crippen LogP contribution in [0.25, 0.3) is 10.8 Å². The largest absolute Gasteiger partial charge is 0.416 e. The molecular formula is C25H30F3N5OS. The van der Waals surface area contributed by atoms with Crippen molar-refractivity contribution in [3.63, 3.8) is 0 Å². The molecule has 1 aromatic heterocycles. The molecule has 1 atom stereocenters. The molecule has 2 aliphatic heterocycles. The van der Waals surface area contributed by atoms with Gasteiger partial charge >= 0.3 is 6.18 Å². The summed E-state index contributed by atoms with van der Waals surface area (Å²) in [6.45, 7) is 1.42. The smallest absolute Gasteiger partial charge is 0.360 e. The molecule has 1 aromatic carbocycles. The number of anilines is 1. The molecule has 10 heteroatoms. The lowest BCUT2D eigenvalue weighted by atomic mass is 9.89. The second kappa shape index (κ2) is 10.5. The molecule has 1 amide bonds. The van der Waals surface area contributed by atoms with Crippen molar-refractivity contribution in [1.82, 2.24) is 15.6 Å². The third-order valence-electron chi connectivity index (χ3n) is 6.64. The number of nitrogens with one attached hydrogen (secondary N) is 3. The van der Waals surface area contributed by atoms with Crippen molar-refractivity contribution in [3.05, 3.63) is 46.3 Å². The molecule has 0 radical (unpaired) electrons. The SMILES string of the molecule is CS1(C#N)C=C1C1CCCCC1.O=C(CNc1nccc2ccc(C(F)(F)F)cc12)NC1CNC1. The predicted molar refractivity (Wildman–Crippen MR) is 134 cm³/mol. The number of amides is 1. The van der Waals surface area contributed by atoms with Gasteiger partial charge in [-0.05, 0) is 58.9 Å². The summed E-state index contributed by atoms with van der Waals surface area (Å²) in [5.74, 6) is 0.830. The third-order valence-corrected chi connectivity index (χ3v) is 8.92. The Kier molecular flexibility index (Phi) is 7.57. The number of rotatable bonds is 5. The molecule has 3 N–H and O–H groups in total. The van der Waals surface area contributed by atoms with E-state index in [9.17, 15) is 18.0 Å². The van der Waals surface area contributed by atoms with Gasteiger partial charge in [0.25, 0.3) is 0 Å². The van der Waals surface area contributed by atoms with E-state index in [4.69, 9.17) is 5.26 Å². The Morgan fingerprint density at radius 2 is 1.97 bits per heavy atom. The van der Waals surface area contributed by atoms with Crippen LogP contribution in [0.5, 0.6) is 0 Å². The number of nitrogens with zero attached hydrogens (tertiary/aromatic N) is 2. The van der Waals surface area contributed by atoms with Crippen LogP contribution in [0, 0.1) is 16.6 Å². The van der Waals surface area contributed by atoms with E-state index in [-0.39, 0.29) is 24.3 Å². The third kappa shape index (κ3) is 6.27. The van der Waals surface area contributed by atoms with Crippen molar-refractivity contribution in [2.24, 2.45) is 5.92 Å². The van der Waals surface area contributed by atoms with E-state index in [0.717, 1.165) is 31.1 Å². The van der Waals surface area contributed by atoms with Gasteiger partial charge in [0.1, 0.15) is 11.2 Å². The van der Waals surface area contributed by atoms with Gasteiger partial charge in [-0.3, -0.25) is 4.79 Å². The molecule has 6 nitrogen and oxygen atoms in total. The quantitative estimate of drug-likeness (QED) is 0.493. The molecule has 2 fully saturated rings. The summed E-state index contributed by atoms with van der Waals surface area (Å²) < 4.78 is 38.5. The number of hydrogen-bond acceptors (Lipinski definition) is 5. The van der Waals surface area contributed by atoms with Gasteiger partial charge < -0.3 is 16.0 Å². The van der Waals surface area contributed by atoms with Crippen molar-refractivity contribution < 1.29 is 18.0 Å². The monoisotopic (exact) mass is 505 g/mol. The normalized spacial score (nSPS) is 24.0. The minimum absolute atomic E-state index is 0.0428. The summed E-state index contributed by atoms with van der Waals surface area (Å²) in [6.07, 6.45) is 6.04. The first-order valence-electron chi connectivity index (χ1n) is 11.8. The molecule has 5 rings (SSSR count). The fraction of sp³-hybridized carbons (Fsp3) is 0.480. The summed E-state index contributed by atoms with van der Waals surface area (Å²) in [6, 6.07) is 5.20. The summed E-state index contributed by atoms with van der Waals surface area (Å²) in [5, 5.41) is 23.2. The van der Waals surface area contributed by atoms with Crippen LogP contribution in [0.1, 0.15) is 37.7 Å². The number of benzene rings is 1. The van der Waals surface area contributed by atoms with Gasteiger partial charge in [0.2, 0.25) is 5.91 Å². The average molecular weight is 506 g/mol. The summed E-state index contributed by atoms with van der Waals surface area (Å²) in [5.41, 5.74) is -0.744. The van der Waals surface area contributed by atoms with Crippen LogP contribution in [-0.2, 0) is 11.0 Å². The zero-order valence-corrected chi connectivity index (χ0v) is 20.4. The van der Waals surface area contributed by atoms with Gasteiger partial charge in [-0.1, -0.05) is 25.3 Å². The minimum Gasteiger partial charge on any atom is -0.360 e. The Morgan fingerprint density at radius 1 is 1.23 bits per heavy atom. The lowest BCUT2D eigenvalue weighted by Gasteiger charge is -2.28. The molecule has 188 valence electrons. The molecule has 1 saturated carbocycles. The highest BCUT2D eigenvalue weighted by atomic mass is 32.3. The van der Waals surface area contributed by atoms with Crippen molar-refractivity contribution in [2.75, 3.05) is 31.2 Å². The van der Waals surface area contributed by atoms with Crippen LogP contribution in [0.4, 0.5) is 19.0 Å². The highest BCUT2D eigenvalue weighted by molar-refractivity contribution is 8.47. The van der Waals surface area contributed by atoms with E-state index in [2.05, 4.69) is 38.0 Å². The van der Waals surface area contributed by atoms with E-state index in [1.165, 1.54) is 49.3 Å². The number of allylic oxidation sites excluding steroid dienone is 1. The molecule has 35 heavy (non-hydrogen) atoms. The average Bonchev–Trinajstić information content (AvgIpc) is 3.52. The summed E-state index contributed by atoms with van der Waals surface area (Å²) in [7, 11) is -0.955. The second-order valence-electron chi connectivity index (χ2n) is 9.30. The van der Waals surface area contributed by atoms with Crippen LogP contribution >= 0.6 is 10.0 Å². The number of alkyl halides is 3. The maximum Gasteiger partial charge on any atom is 0.416 e. The zero-order chi connectivity index (χ0) is 25.1. The van der Waals surface area contributed by atoms with Crippen molar-refractivity contribution in [2.45, 2.75) is 44.3 Å². The maximum absolute atomic E-state index is 12.8. The topological polar surface area (TPSA) is 89.8 Å². The molecule has 1 aliphatic carbocycles. The fourth-order valence-corrected chi connectivity index (χ4v) is 6.56. The number of hydrogen-bond donors (Lipinski definition) is 3. The van der Waals surface area contributed by atoms with Gasteiger partial charge in [-0.2, -0.15) is 18.4 Å². The molecule has 0 spiro atoms. The number of carbonyl (C=O) groups excluding carboxylic acids is 1. The molecule has 3 heterocycles. The van der Waals surface area contributed by atoms with Crippen molar-refractivity contribution >= 4 is 32.5 Å². The number of halogens is 3. The second-order valence-corrected chi connectivity index (χ2v) is 12.2. The van der Waals surface area contributed by atoms with Gasteiger partial charge in [0, 0.05) is 24.7 Å². The van der Waals surface area contributed by atoms with Crippen LogP contribution in [0.2, 0.25) is 0 Å². The zero-order valence-electron chi connectivity index (χ0n) is 19.6. The molecular weight excluding hydrogens is 475 g/mol. The predicted octanol–water partition coefficient (Wildman–Crippen LogP) is 5.09. The number of nitriles is 1. The van der Waals surface area contributed by atoms with E-state index in [1.54, 1.807) is 6.07 Å². The van der Waals surface area contributed by atoms with Gasteiger partial charge in [0.15, 0.2) is 0 Å². The molecule has 1 saturated heterocycles. The Bertz CT molecular complexity index is 1150. The molecule has 0 bridgehead atoms.